The molecule has 1 unspecified atom stereocenters. The molecule has 0 spiro atoms. The number of hydrogen-bond donors (Lipinski definition) is 3. The average Bonchev–Trinajstić information content (AvgIpc) is 2.62. The Hall–Kier alpha value is -1.10. The summed E-state index contributed by atoms with van der Waals surface area (Å²) in [6.07, 6.45) is 3.34. The zero-order valence-electron chi connectivity index (χ0n) is 11.5. The summed E-state index contributed by atoms with van der Waals surface area (Å²) in [6, 6.07) is -0.622. The molecule has 0 aromatic rings. The molecule has 0 heterocycles. The highest BCUT2D eigenvalue weighted by atomic mass is 16.4. The van der Waals surface area contributed by atoms with Crippen molar-refractivity contribution in [3.8, 4) is 0 Å². The first-order valence-corrected chi connectivity index (χ1v) is 6.46. The lowest BCUT2D eigenvalue weighted by Gasteiger charge is -2.33. The molecule has 1 aliphatic rings. The van der Waals surface area contributed by atoms with Crippen molar-refractivity contribution in [1.82, 2.24) is 5.32 Å². The van der Waals surface area contributed by atoms with Crippen LogP contribution in [0.2, 0.25) is 0 Å². The van der Waals surface area contributed by atoms with E-state index in [0.717, 1.165) is 25.7 Å². The van der Waals surface area contributed by atoms with Gasteiger partial charge in [0.15, 0.2) is 0 Å². The predicted octanol–water partition coefficient (Wildman–Crippen LogP) is 1.26. The Morgan fingerprint density at radius 1 is 1.33 bits per heavy atom. The van der Waals surface area contributed by atoms with Crippen molar-refractivity contribution in [3.63, 3.8) is 0 Å². The summed E-state index contributed by atoms with van der Waals surface area (Å²) < 4.78 is 0. The number of rotatable bonds is 4. The van der Waals surface area contributed by atoms with Crippen LogP contribution in [0.4, 0.5) is 0 Å². The zero-order valence-corrected chi connectivity index (χ0v) is 11.5. The molecule has 1 aliphatic carbocycles. The SMILES string of the molecule is CC(C)(C)C(N)C(=O)NC1(CC(=O)O)CCCC1. The molecule has 104 valence electrons. The van der Waals surface area contributed by atoms with Gasteiger partial charge in [-0.1, -0.05) is 33.6 Å². The first kappa shape index (κ1) is 15.0. The molecule has 0 aliphatic heterocycles. The number of amides is 1. The van der Waals surface area contributed by atoms with E-state index in [0.29, 0.717) is 0 Å². The smallest absolute Gasteiger partial charge is 0.305 e. The van der Waals surface area contributed by atoms with Crippen LogP contribution >= 0.6 is 0 Å². The third-order valence-electron chi connectivity index (χ3n) is 3.65. The highest BCUT2D eigenvalue weighted by Crippen LogP contribution is 2.33. The largest absolute Gasteiger partial charge is 0.481 e. The number of nitrogens with two attached hydrogens (primary N) is 1. The summed E-state index contributed by atoms with van der Waals surface area (Å²) in [4.78, 5) is 23.0. The maximum Gasteiger partial charge on any atom is 0.305 e. The Morgan fingerprint density at radius 2 is 1.83 bits per heavy atom. The molecule has 5 heteroatoms. The van der Waals surface area contributed by atoms with Gasteiger partial charge in [-0.05, 0) is 18.3 Å². The van der Waals surface area contributed by atoms with E-state index < -0.39 is 17.6 Å². The van der Waals surface area contributed by atoms with Crippen molar-refractivity contribution in [2.75, 3.05) is 0 Å². The van der Waals surface area contributed by atoms with E-state index in [1.165, 1.54) is 0 Å². The summed E-state index contributed by atoms with van der Waals surface area (Å²) in [6.45, 7) is 5.70. The number of carbonyl (C=O) groups excluding carboxylic acids is 1. The van der Waals surface area contributed by atoms with E-state index in [-0.39, 0.29) is 17.7 Å². The van der Waals surface area contributed by atoms with Gasteiger partial charge in [-0.25, -0.2) is 0 Å². The lowest BCUT2D eigenvalue weighted by Crippen LogP contribution is -2.56. The van der Waals surface area contributed by atoms with Crippen molar-refractivity contribution < 1.29 is 14.7 Å². The summed E-state index contributed by atoms with van der Waals surface area (Å²) in [5.74, 6) is -1.12. The van der Waals surface area contributed by atoms with Crippen LogP contribution in [0.5, 0.6) is 0 Å². The van der Waals surface area contributed by atoms with Crippen LogP contribution in [-0.4, -0.2) is 28.6 Å². The second-order valence-electron chi connectivity index (χ2n) is 6.39. The molecular weight excluding hydrogens is 232 g/mol. The van der Waals surface area contributed by atoms with E-state index in [2.05, 4.69) is 5.32 Å². The molecule has 0 saturated heterocycles. The Bertz CT molecular complexity index is 328. The number of carbonyl (C=O) groups is 2. The maximum absolute atomic E-state index is 12.1. The fraction of sp³-hybridized carbons (Fsp3) is 0.846. The first-order chi connectivity index (χ1) is 8.16. The third-order valence-corrected chi connectivity index (χ3v) is 3.65. The lowest BCUT2D eigenvalue weighted by atomic mass is 9.85. The van der Waals surface area contributed by atoms with Gasteiger partial charge >= 0.3 is 5.97 Å². The summed E-state index contributed by atoms with van der Waals surface area (Å²) in [5.41, 5.74) is 4.98. The van der Waals surface area contributed by atoms with Gasteiger partial charge in [-0.15, -0.1) is 0 Å². The van der Waals surface area contributed by atoms with Crippen LogP contribution < -0.4 is 11.1 Å². The van der Waals surface area contributed by atoms with Crippen molar-refractivity contribution in [2.45, 2.75) is 64.5 Å². The van der Waals surface area contributed by atoms with Crippen molar-refractivity contribution >= 4 is 11.9 Å². The Kier molecular flexibility index (Phi) is 4.37. The molecule has 1 atom stereocenters. The second kappa shape index (κ2) is 5.26. The van der Waals surface area contributed by atoms with Crippen LogP contribution in [0, 0.1) is 5.41 Å². The van der Waals surface area contributed by atoms with Gasteiger partial charge in [0.2, 0.25) is 5.91 Å². The van der Waals surface area contributed by atoms with Gasteiger partial charge in [0.25, 0.3) is 0 Å². The topological polar surface area (TPSA) is 92.4 Å². The monoisotopic (exact) mass is 256 g/mol. The van der Waals surface area contributed by atoms with E-state index in [4.69, 9.17) is 10.8 Å². The van der Waals surface area contributed by atoms with E-state index in [1.54, 1.807) is 0 Å². The minimum Gasteiger partial charge on any atom is -0.481 e. The van der Waals surface area contributed by atoms with Crippen LogP contribution in [-0.2, 0) is 9.59 Å². The summed E-state index contributed by atoms with van der Waals surface area (Å²) in [5, 5.41) is 11.9. The molecule has 18 heavy (non-hydrogen) atoms. The molecule has 0 aromatic carbocycles. The fourth-order valence-electron chi connectivity index (χ4n) is 2.42. The first-order valence-electron chi connectivity index (χ1n) is 6.46. The molecule has 0 bridgehead atoms. The zero-order chi connectivity index (χ0) is 14.0. The minimum absolute atomic E-state index is 0.0183. The van der Waals surface area contributed by atoms with Gasteiger partial charge in [-0.3, -0.25) is 9.59 Å². The Balaban J connectivity index is 2.73. The van der Waals surface area contributed by atoms with Crippen LogP contribution in [0.15, 0.2) is 0 Å². The molecular formula is C13H24N2O3. The normalized spacial score (nSPS) is 20.4. The second-order valence-corrected chi connectivity index (χ2v) is 6.39. The van der Waals surface area contributed by atoms with Crippen molar-refractivity contribution in [1.29, 1.82) is 0 Å². The number of aliphatic carboxylic acids is 1. The number of hydrogen-bond acceptors (Lipinski definition) is 3. The highest BCUT2D eigenvalue weighted by Gasteiger charge is 2.39. The lowest BCUT2D eigenvalue weighted by molar-refractivity contribution is -0.139. The standard InChI is InChI=1S/C13H24N2O3/c1-12(2,3)10(14)11(18)15-13(8-9(16)17)6-4-5-7-13/h10H,4-8,14H2,1-3H3,(H,15,18)(H,16,17). The van der Waals surface area contributed by atoms with E-state index >= 15 is 0 Å². The maximum atomic E-state index is 12.1. The Labute approximate surface area is 108 Å². The fourth-order valence-corrected chi connectivity index (χ4v) is 2.42. The van der Waals surface area contributed by atoms with Gasteiger partial charge in [-0.2, -0.15) is 0 Å². The summed E-state index contributed by atoms with van der Waals surface area (Å²) in [7, 11) is 0. The quantitative estimate of drug-likeness (QED) is 0.706. The van der Waals surface area contributed by atoms with Crippen molar-refractivity contribution in [2.24, 2.45) is 11.1 Å². The highest BCUT2D eigenvalue weighted by molar-refractivity contribution is 5.83. The molecule has 1 rings (SSSR count). The molecule has 1 amide bonds. The molecule has 4 N–H and O–H groups in total. The van der Waals surface area contributed by atoms with E-state index in [1.807, 2.05) is 20.8 Å². The average molecular weight is 256 g/mol. The van der Waals surface area contributed by atoms with Crippen molar-refractivity contribution in [3.05, 3.63) is 0 Å². The molecule has 0 aromatic heterocycles. The number of carboxylic acid groups (broad SMARTS) is 1. The van der Waals surface area contributed by atoms with Gasteiger partial charge in [0, 0.05) is 0 Å². The molecule has 1 saturated carbocycles. The predicted molar refractivity (Wildman–Crippen MR) is 69.0 cm³/mol. The molecule has 1 fully saturated rings. The van der Waals surface area contributed by atoms with Gasteiger partial charge in [0.1, 0.15) is 0 Å². The third kappa shape index (κ3) is 3.70. The molecule has 5 nitrogen and oxygen atoms in total. The Morgan fingerprint density at radius 3 is 2.22 bits per heavy atom. The molecule has 0 radical (unpaired) electrons. The van der Waals surface area contributed by atoms with Gasteiger partial charge in [0.05, 0.1) is 18.0 Å². The van der Waals surface area contributed by atoms with Crippen LogP contribution in [0.1, 0.15) is 52.9 Å². The van der Waals surface area contributed by atoms with E-state index in [9.17, 15) is 9.59 Å². The number of carboxylic acids is 1. The minimum atomic E-state index is -0.874. The number of nitrogens with one attached hydrogen (secondary N) is 1. The van der Waals surface area contributed by atoms with Crippen LogP contribution in [0.25, 0.3) is 0 Å². The van der Waals surface area contributed by atoms with Gasteiger partial charge < -0.3 is 16.2 Å². The van der Waals surface area contributed by atoms with Crippen LogP contribution in [0.3, 0.4) is 0 Å². The summed E-state index contributed by atoms with van der Waals surface area (Å²) >= 11 is 0.